The number of quaternary nitrogens is 2. The third-order valence-corrected chi connectivity index (χ3v) is 2.36. The Morgan fingerprint density at radius 3 is 1.42 bits per heavy atom. The molecule has 0 bridgehead atoms. The number of hydrogen-bond acceptors (Lipinski definition) is 6. The molecule has 0 fully saturated rings. The van der Waals surface area contributed by atoms with Gasteiger partial charge in [-0.3, -0.25) is 4.79 Å². The molecule has 0 saturated carbocycles. The second kappa shape index (κ2) is 14.0. The first kappa shape index (κ1) is 31.5. The van der Waals surface area contributed by atoms with E-state index >= 15 is 0 Å². The number of nitrogens with zero attached hydrogens (tertiary/aromatic N) is 2. The monoisotopic (exact) mass is 362 g/mol. The van der Waals surface area contributed by atoms with E-state index in [4.69, 9.17) is 10.8 Å². The number of carbonyl (C=O) groups excluding carboxylic acids is 2. The first-order chi connectivity index (χ1) is 9.62. The number of carboxylic acids is 1. The van der Waals surface area contributed by atoms with Gasteiger partial charge in [0.1, 0.15) is 25.3 Å². The number of primary amides is 1. The van der Waals surface area contributed by atoms with E-state index in [0.29, 0.717) is 22.1 Å². The van der Waals surface area contributed by atoms with Crippen molar-refractivity contribution in [3.8, 4) is 0 Å². The first-order valence-corrected chi connectivity index (χ1v) is 7.07. The minimum absolute atomic E-state index is 0. The normalized spacial score (nSPS) is 13.3. The summed E-state index contributed by atoms with van der Waals surface area (Å²) in [5.74, 6) is -1.66. The summed E-state index contributed by atoms with van der Waals surface area (Å²) < 4.78 is 1.18. The molecule has 10 heteroatoms. The molecule has 0 radical (unpaired) electrons. The quantitative estimate of drug-likeness (QED) is 0.288. The van der Waals surface area contributed by atoms with E-state index in [1.54, 1.807) is 0 Å². The number of hydrogen-bond donors (Lipinski definition) is 3. The fraction of sp³-hybridized carbons (Fsp3) is 0.857. The van der Waals surface area contributed by atoms with Crippen LogP contribution in [-0.2, 0) is 9.59 Å². The zero-order valence-corrected chi connectivity index (χ0v) is 18.0. The molecule has 5 N–H and O–H groups in total. The maximum atomic E-state index is 10.4. The molecule has 0 spiro atoms. The average Bonchev–Trinajstić information content (AvgIpc) is 2.07. The number of likely N-dealkylation sites (N-methyl/N-ethyl adjacent to an activating group) is 2. The van der Waals surface area contributed by atoms with Gasteiger partial charge >= 0.3 is 29.6 Å². The first-order valence-electron chi connectivity index (χ1n) is 7.07. The molecule has 0 aromatic carbocycles. The SMILES string of the molecule is C[N+](C)(C)CC(O)CC(=O)[O-].C[N+](C)(C)CC(O)CC(N)=O.[Na+].[OH-]. The molecule has 0 heterocycles. The van der Waals surface area contributed by atoms with Crippen molar-refractivity contribution in [2.75, 3.05) is 55.4 Å². The smallest absolute Gasteiger partial charge is 0.870 e. The van der Waals surface area contributed by atoms with Crippen LogP contribution in [-0.4, -0.2) is 104 Å². The Labute approximate surface area is 166 Å². The van der Waals surface area contributed by atoms with Gasteiger partial charge in [0.25, 0.3) is 0 Å². The predicted molar refractivity (Wildman–Crippen MR) is 83.2 cm³/mol. The van der Waals surface area contributed by atoms with Gasteiger partial charge in [-0.1, -0.05) is 0 Å². The van der Waals surface area contributed by atoms with E-state index in [-0.39, 0.29) is 47.9 Å². The molecule has 0 aliphatic heterocycles. The number of aliphatic carboxylic acids is 1. The maximum absolute atomic E-state index is 10.4. The van der Waals surface area contributed by atoms with Crippen LogP contribution in [0.4, 0.5) is 0 Å². The fourth-order valence-corrected chi connectivity index (χ4v) is 1.82. The van der Waals surface area contributed by atoms with Gasteiger partial charge < -0.3 is 40.3 Å². The van der Waals surface area contributed by atoms with Crippen LogP contribution in [0.1, 0.15) is 12.8 Å². The van der Waals surface area contributed by atoms with Crippen molar-refractivity contribution in [1.82, 2.24) is 0 Å². The van der Waals surface area contributed by atoms with Gasteiger partial charge in [-0.15, -0.1) is 0 Å². The van der Waals surface area contributed by atoms with Gasteiger partial charge in [0.05, 0.1) is 48.7 Å². The molecule has 140 valence electrons. The average molecular weight is 362 g/mol. The van der Waals surface area contributed by atoms with Crippen molar-refractivity contribution < 1.29 is 68.9 Å². The molecule has 1 amide bonds. The number of carboxylic acid groups (broad SMARTS) is 1. The number of aliphatic hydroxyl groups excluding tert-OH is 2. The third-order valence-electron chi connectivity index (χ3n) is 2.36. The van der Waals surface area contributed by atoms with E-state index in [1.165, 1.54) is 0 Å². The Balaban J connectivity index is -0.000000154. The number of carbonyl (C=O) groups is 2. The summed E-state index contributed by atoms with van der Waals surface area (Å²) in [6.45, 7) is 0.969. The van der Waals surface area contributed by atoms with Crippen LogP contribution in [0.15, 0.2) is 0 Å². The summed E-state index contributed by atoms with van der Waals surface area (Å²) in [6, 6.07) is 0. The summed E-state index contributed by atoms with van der Waals surface area (Å²) in [4.78, 5) is 20.4. The van der Waals surface area contributed by atoms with Crippen molar-refractivity contribution in [3.63, 3.8) is 0 Å². The van der Waals surface area contributed by atoms with Crippen molar-refractivity contribution in [2.45, 2.75) is 25.0 Å². The summed E-state index contributed by atoms with van der Waals surface area (Å²) in [6.07, 6.45) is -1.65. The molecular formula is C14H33N3NaO6+. The van der Waals surface area contributed by atoms with Gasteiger partial charge in [-0.05, 0) is 0 Å². The van der Waals surface area contributed by atoms with E-state index in [2.05, 4.69) is 0 Å². The zero-order chi connectivity index (χ0) is 18.1. The molecule has 24 heavy (non-hydrogen) atoms. The zero-order valence-electron chi connectivity index (χ0n) is 16.0. The molecule has 2 atom stereocenters. The molecule has 9 nitrogen and oxygen atoms in total. The van der Waals surface area contributed by atoms with Crippen LogP contribution in [0.5, 0.6) is 0 Å². The van der Waals surface area contributed by atoms with Gasteiger partial charge in [-0.2, -0.15) is 0 Å². The largest absolute Gasteiger partial charge is 1.00 e. The summed E-state index contributed by atoms with van der Waals surface area (Å²) in [7, 11) is 11.5. The van der Waals surface area contributed by atoms with E-state index in [0.717, 1.165) is 0 Å². The maximum Gasteiger partial charge on any atom is 1.00 e. The number of rotatable bonds is 8. The Kier molecular flexibility index (Phi) is 18.3. The standard InChI is InChI=1S/C7H16N2O2.C7H15NO3.Na.H2O/c1-9(2,3)5-6(10)4-7(8)11;1-8(2,3)5-6(9)4-7(10)11;;/h6,10H,4-5H2,1-3H3,(H-,8,11);6,9H,4-5H2,1-3H3;;1H2/q;;+1;. The molecular weight excluding hydrogens is 329 g/mol. The third kappa shape index (κ3) is 29.7. The van der Waals surface area contributed by atoms with Gasteiger partial charge in [0.2, 0.25) is 5.91 Å². The number of aliphatic hydroxyl groups is 2. The molecule has 0 rings (SSSR count). The van der Waals surface area contributed by atoms with Gasteiger partial charge in [0, 0.05) is 12.4 Å². The topological polar surface area (TPSA) is 154 Å². The van der Waals surface area contributed by atoms with E-state index in [1.807, 2.05) is 42.3 Å². The van der Waals surface area contributed by atoms with Crippen molar-refractivity contribution in [1.29, 1.82) is 0 Å². The van der Waals surface area contributed by atoms with Crippen LogP contribution in [0.2, 0.25) is 0 Å². The summed E-state index contributed by atoms with van der Waals surface area (Å²) in [5, 5.41) is 28.4. The number of nitrogens with two attached hydrogens (primary N) is 1. The molecule has 0 saturated heterocycles. The molecule has 0 aromatic heterocycles. The summed E-state index contributed by atoms with van der Waals surface area (Å²) >= 11 is 0. The van der Waals surface area contributed by atoms with Gasteiger partial charge in [0.15, 0.2) is 0 Å². The summed E-state index contributed by atoms with van der Waals surface area (Å²) in [5.41, 5.74) is 4.91. The Bertz CT molecular complexity index is 321. The van der Waals surface area contributed by atoms with Crippen LogP contribution in [0, 0.1) is 0 Å². The minimum atomic E-state index is -1.20. The second-order valence-electron chi connectivity index (χ2n) is 7.50. The molecule has 0 aliphatic rings. The van der Waals surface area contributed by atoms with Crippen LogP contribution < -0.4 is 40.4 Å². The second-order valence-corrected chi connectivity index (χ2v) is 7.50. The Hall–Kier alpha value is -0.260. The minimum Gasteiger partial charge on any atom is -0.870 e. The molecule has 0 aromatic rings. The van der Waals surface area contributed by atoms with E-state index < -0.39 is 24.1 Å². The van der Waals surface area contributed by atoms with Crippen molar-refractivity contribution >= 4 is 11.9 Å². The Morgan fingerprint density at radius 1 is 0.917 bits per heavy atom. The van der Waals surface area contributed by atoms with Crippen molar-refractivity contribution in [3.05, 3.63) is 0 Å². The van der Waals surface area contributed by atoms with Gasteiger partial charge in [-0.25, -0.2) is 0 Å². The molecule has 2 unspecified atom stereocenters. The van der Waals surface area contributed by atoms with Crippen LogP contribution in [0.3, 0.4) is 0 Å². The Morgan fingerprint density at radius 2 is 1.21 bits per heavy atom. The van der Waals surface area contributed by atoms with Crippen LogP contribution in [0.25, 0.3) is 0 Å². The van der Waals surface area contributed by atoms with Crippen LogP contribution >= 0.6 is 0 Å². The fourth-order valence-electron chi connectivity index (χ4n) is 1.82. The predicted octanol–water partition coefficient (Wildman–Crippen LogP) is -6.05. The van der Waals surface area contributed by atoms with E-state index in [9.17, 15) is 19.8 Å². The molecule has 0 aliphatic carbocycles. The number of amides is 1. The van der Waals surface area contributed by atoms with Crippen molar-refractivity contribution in [2.24, 2.45) is 5.73 Å².